The van der Waals surface area contributed by atoms with E-state index in [1.807, 2.05) is 0 Å². The Labute approximate surface area is 259 Å². The number of nitrogens with one attached hydrogen (secondary N) is 1. The Morgan fingerprint density at radius 1 is 1.00 bits per heavy atom. The van der Waals surface area contributed by atoms with E-state index in [1.54, 1.807) is 12.1 Å². The van der Waals surface area contributed by atoms with Crippen molar-refractivity contribution in [3.05, 3.63) is 105 Å². The van der Waals surface area contributed by atoms with E-state index in [-0.39, 0.29) is 49.1 Å². The van der Waals surface area contributed by atoms with Gasteiger partial charge < -0.3 is 29.4 Å². The number of methoxy groups -OCH3 is 1. The van der Waals surface area contributed by atoms with Gasteiger partial charge in [0.1, 0.15) is 30.3 Å². The van der Waals surface area contributed by atoms with Crippen molar-refractivity contribution >= 4 is 22.5 Å². The van der Waals surface area contributed by atoms with Gasteiger partial charge in [0.05, 0.1) is 23.7 Å². The number of ether oxygens (including phenoxy) is 4. The quantitative estimate of drug-likeness (QED) is 0.246. The SMILES string of the molecule is COc1cc2nccc(Oc3ccc(NC(=O)c4cn(CCCO)c(=O)n(-c5ccc(F)cc5)c4=O)cc3F)c2c2c1OCCO2. The Kier molecular flexibility index (Phi) is 8.35. The Balaban J connectivity index is 1.31. The Hall–Kier alpha value is -5.76. The third-order valence-corrected chi connectivity index (χ3v) is 7.11. The number of aliphatic hydroxyl groups excluding tert-OH is 1. The summed E-state index contributed by atoms with van der Waals surface area (Å²) in [7, 11) is 1.49. The summed E-state index contributed by atoms with van der Waals surface area (Å²) in [6.45, 7) is 0.343. The van der Waals surface area contributed by atoms with Crippen LogP contribution in [-0.4, -0.2) is 52.1 Å². The summed E-state index contributed by atoms with van der Waals surface area (Å²) in [5.74, 6) is -1.15. The van der Waals surface area contributed by atoms with Crippen LogP contribution in [-0.2, 0) is 6.54 Å². The normalized spacial score (nSPS) is 12.2. The molecule has 236 valence electrons. The van der Waals surface area contributed by atoms with E-state index in [0.29, 0.717) is 34.8 Å². The number of fused-ring (bicyclic) bond motifs is 3. The highest BCUT2D eigenvalue weighted by Crippen LogP contribution is 2.48. The summed E-state index contributed by atoms with van der Waals surface area (Å²) in [6.07, 6.45) is 2.72. The maximum Gasteiger partial charge on any atom is 0.335 e. The highest BCUT2D eigenvalue weighted by atomic mass is 19.1. The van der Waals surface area contributed by atoms with Crippen molar-refractivity contribution in [2.75, 3.05) is 32.2 Å². The van der Waals surface area contributed by atoms with Gasteiger partial charge in [-0.25, -0.2) is 18.1 Å². The zero-order chi connectivity index (χ0) is 32.4. The summed E-state index contributed by atoms with van der Waals surface area (Å²) < 4.78 is 53.6. The van der Waals surface area contributed by atoms with Crippen LogP contribution in [0, 0.1) is 11.6 Å². The monoisotopic (exact) mass is 632 g/mol. The molecule has 12 nitrogen and oxygen atoms in total. The molecule has 1 aliphatic heterocycles. The van der Waals surface area contributed by atoms with E-state index >= 15 is 4.39 Å². The molecule has 5 aromatic rings. The molecule has 0 atom stereocenters. The second-order valence-electron chi connectivity index (χ2n) is 10.1. The second-order valence-corrected chi connectivity index (χ2v) is 10.1. The number of hydrogen-bond donors (Lipinski definition) is 2. The lowest BCUT2D eigenvalue weighted by Crippen LogP contribution is -2.42. The average Bonchev–Trinajstić information content (AvgIpc) is 3.06. The molecule has 3 heterocycles. The fourth-order valence-electron chi connectivity index (χ4n) is 4.97. The molecule has 2 aromatic heterocycles. The van der Waals surface area contributed by atoms with E-state index in [0.717, 1.165) is 33.5 Å². The lowest BCUT2D eigenvalue weighted by atomic mass is 10.1. The number of aromatic nitrogens is 3. The number of aliphatic hydroxyl groups is 1. The molecule has 0 spiro atoms. The summed E-state index contributed by atoms with van der Waals surface area (Å²) in [6, 6.07) is 11.5. The van der Waals surface area contributed by atoms with Crippen molar-refractivity contribution in [3.8, 4) is 34.4 Å². The van der Waals surface area contributed by atoms with Crippen LogP contribution in [0.1, 0.15) is 16.8 Å². The van der Waals surface area contributed by atoms with Gasteiger partial charge in [0.25, 0.3) is 11.5 Å². The Morgan fingerprint density at radius 3 is 2.48 bits per heavy atom. The molecule has 0 fully saturated rings. The molecule has 46 heavy (non-hydrogen) atoms. The number of anilines is 1. The molecule has 0 aliphatic carbocycles. The van der Waals surface area contributed by atoms with E-state index < -0.39 is 34.4 Å². The van der Waals surface area contributed by atoms with Gasteiger partial charge in [0.15, 0.2) is 23.1 Å². The van der Waals surface area contributed by atoms with Crippen LogP contribution >= 0.6 is 0 Å². The smallest absolute Gasteiger partial charge is 0.335 e. The van der Waals surface area contributed by atoms with E-state index in [2.05, 4.69) is 10.3 Å². The van der Waals surface area contributed by atoms with Gasteiger partial charge in [-0.05, 0) is 48.9 Å². The lowest BCUT2D eigenvalue weighted by Gasteiger charge is -2.23. The van der Waals surface area contributed by atoms with Crippen LogP contribution in [0.4, 0.5) is 14.5 Å². The van der Waals surface area contributed by atoms with Crippen LogP contribution in [0.3, 0.4) is 0 Å². The summed E-state index contributed by atoms with van der Waals surface area (Å²) in [4.78, 5) is 44.0. The van der Waals surface area contributed by atoms with Crippen LogP contribution in [0.2, 0.25) is 0 Å². The van der Waals surface area contributed by atoms with Gasteiger partial charge in [-0.1, -0.05) is 0 Å². The number of nitrogens with zero attached hydrogens (tertiary/aromatic N) is 3. The number of hydrogen-bond acceptors (Lipinski definition) is 9. The van der Waals surface area contributed by atoms with E-state index in [4.69, 9.17) is 18.9 Å². The fraction of sp³-hybridized carbons (Fsp3) is 0.188. The van der Waals surface area contributed by atoms with Gasteiger partial charge in [0.2, 0.25) is 5.75 Å². The number of rotatable bonds is 9. The maximum absolute atomic E-state index is 15.4. The first kappa shape index (κ1) is 30.3. The van der Waals surface area contributed by atoms with Crippen LogP contribution in [0.25, 0.3) is 16.6 Å². The summed E-state index contributed by atoms with van der Waals surface area (Å²) in [5, 5.41) is 12.2. The highest BCUT2D eigenvalue weighted by Gasteiger charge is 2.25. The topological polar surface area (TPSA) is 143 Å². The van der Waals surface area contributed by atoms with Gasteiger partial charge in [-0.3, -0.25) is 19.1 Å². The molecule has 14 heteroatoms. The first-order chi connectivity index (χ1) is 22.3. The Bertz CT molecular complexity index is 2080. The molecule has 0 saturated heterocycles. The molecule has 6 rings (SSSR count). The van der Waals surface area contributed by atoms with Crippen LogP contribution < -0.4 is 35.5 Å². The molecular formula is C32H26F2N4O8. The number of pyridine rings is 1. The Morgan fingerprint density at radius 2 is 1.76 bits per heavy atom. The summed E-state index contributed by atoms with van der Waals surface area (Å²) >= 11 is 0. The third-order valence-electron chi connectivity index (χ3n) is 7.11. The molecule has 0 bridgehead atoms. The van der Waals surface area contributed by atoms with Crippen LogP contribution in [0.5, 0.6) is 28.7 Å². The molecule has 1 aliphatic rings. The molecule has 2 N–H and O–H groups in total. The predicted octanol–water partition coefficient (Wildman–Crippen LogP) is 4.03. The number of benzene rings is 3. The second kappa shape index (κ2) is 12.7. The first-order valence-corrected chi connectivity index (χ1v) is 14.1. The summed E-state index contributed by atoms with van der Waals surface area (Å²) in [5.41, 5.74) is -1.69. The molecule has 0 saturated carbocycles. The van der Waals surface area contributed by atoms with Gasteiger partial charge in [0, 0.05) is 43.4 Å². The minimum Gasteiger partial charge on any atom is -0.493 e. The molecule has 1 amide bonds. The van der Waals surface area contributed by atoms with Crippen molar-refractivity contribution < 1.29 is 37.6 Å². The third kappa shape index (κ3) is 5.73. The van der Waals surface area contributed by atoms with E-state index in [9.17, 15) is 23.9 Å². The predicted molar refractivity (Wildman–Crippen MR) is 162 cm³/mol. The minimum atomic E-state index is -0.967. The zero-order valence-corrected chi connectivity index (χ0v) is 24.3. The molecule has 0 unspecified atom stereocenters. The van der Waals surface area contributed by atoms with Crippen molar-refractivity contribution in [2.24, 2.45) is 0 Å². The standard InChI is InChI=1S/C32H26F2N4O8/c1-43-26-16-23-27(29-28(26)44-13-14-45-29)25(9-10-35-23)46-24-8-5-19(15-22(24)34)36-30(40)21-17-37(11-2-12-39)32(42)38(31(21)41)20-6-3-18(33)4-7-20/h3-10,15-17,39H,2,11-14H2,1H3,(H,36,40). The number of carbonyl (C=O) groups is 1. The first-order valence-electron chi connectivity index (χ1n) is 14.1. The van der Waals surface area contributed by atoms with Crippen LogP contribution in [0.15, 0.2) is 76.6 Å². The fourth-order valence-corrected chi connectivity index (χ4v) is 4.97. The number of aryl methyl sites for hydroxylation is 1. The highest BCUT2D eigenvalue weighted by molar-refractivity contribution is 6.04. The lowest BCUT2D eigenvalue weighted by molar-refractivity contribution is 0.102. The van der Waals surface area contributed by atoms with Gasteiger partial charge in [-0.2, -0.15) is 0 Å². The van der Waals surface area contributed by atoms with Crippen molar-refractivity contribution in [1.29, 1.82) is 0 Å². The maximum atomic E-state index is 15.4. The molecular weight excluding hydrogens is 606 g/mol. The molecule has 3 aromatic carbocycles. The number of halogens is 2. The van der Waals surface area contributed by atoms with Crippen molar-refractivity contribution in [2.45, 2.75) is 13.0 Å². The minimum absolute atomic E-state index is 0.00536. The number of amides is 1. The largest absolute Gasteiger partial charge is 0.493 e. The van der Waals surface area contributed by atoms with Gasteiger partial charge >= 0.3 is 5.69 Å². The zero-order valence-electron chi connectivity index (χ0n) is 24.3. The van der Waals surface area contributed by atoms with Crippen molar-refractivity contribution in [1.82, 2.24) is 14.1 Å². The van der Waals surface area contributed by atoms with Gasteiger partial charge in [-0.15, -0.1) is 0 Å². The number of carbonyl (C=O) groups excluding carboxylic acids is 1. The van der Waals surface area contributed by atoms with E-state index in [1.165, 1.54) is 37.6 Å². The average molecular weight is 633 g/mol. The molecule has 0 radical (unpaired) electrons. The van der Waals surface area contributed by atoms with Crippen molar-refractivity contribution in [3.63, 3.8) is 0 Å².